The number of hydrogen-bond donors (Lipinski definition) is 2. The lowest BCUT2D eigenvalue weighted by atomic mass is 9.93. The highest BCUT2D eigenvalue weighted by molar-refractivity contribution is 6.04. The Labute approximate surface area is 113 Å². The van der Waals surface area contributed by atoms with Gasteiger partial charge >= 0.3 is 5.97 Å². The third kappa shape index (κ3) is 2.25. The summed E-state index contributed by atoms with van der Waals surface area (Å²) < 4.78 is 0. The predicted molar refractivity (Wildman–Crippen MR) is 78.2 cm³/mol. The summed E-state index contributed by atoms with van der Waals surface area (Å²) in [6.45, 7) is 10.5. The van der Waals surface area contributed by atoms with Gasteiger partial charge in [-0.15, -0.1) is 0 Å². The van der Waals surface area contributed by atoms with Gasteiger partial charge < -0.3 is 10.1 Å². The number of aromatic carboxylic acids is 1. The van der Waals surface area contributed by atoms with Gasteiger partial charge in [-0.1, -0.05) is 27.7 Å². The number of aromatic amines is 1. The first-order valence-electron chi connectivity index (χ1n) is 6.72. The van der Waals surface area contributed by atoms with Crippen molar-refractivity contribution in [1.29, 1.82) is 0 Å². The average Bonchev–Trinajstić information content (AvgIpc) is 2.62. The standard InChI is InChI=1S/C16H21NO2/c1-8(2)11-6-12-14(9(3)4)10(5)17-15(12)13(7-11)16(18)19/h6-9,17H,1-5H3,(H,18,19). The maximum absolute atomic E-state index is 11.5. The van der Waals surface area contributed by atoms with Crippen molar-refractivity contribution in [2.45, 2.75) is 46.5 Å². The minimum absolute atomic E-state index is 0.317. The molecule has 0 saturated carbocycles. The lowest BCUT2D eigenvalue weighted by molar-refractivity contribution is 0.0698. The summed E-state index contributed by atoms with van der Waals surface area (Å²) in [6.07, 6.45) is 0. The number of hydrogen-bond acceptors (Lipinski definition) is 1. The Morgan fingerprint density at radius 3 is 2.26 bits per heavy atom. The van der Waals surface area contributed by atoms with E-state index in [1.54, 1.807) is 6.07 Å². The van der Waals surface area contributed by atoms with Crippen LogP contribution in [0.4, 0.5) is 0 Å². The topological polar surface area (TPSA) is 53.1 Å². The van der Waals surface area contributed by atoms with Crippen molar-refractivity contribution in [3.8, 4) is 0 Å². The number of aryl methyl sites for hydroxylation is 1. The van der Waals surface area contributed by atoms with Crippen LogP contribution < -0.4 is 0 Å². The van der Waals surface area contributed by atoms with Crippen LogP contribution in [-0.4, -0.2) is 16.1 Å². The second kappa shape index (κ2) is 4.72. The zero-order valence-corrected chi connectivity index (χ0v) is 12.2. The van der Waals surface area contributed by atoms with E-state index in [4.69, 9.17) is 0 Å². The molecule has 0 unspecified atom stereocenters. The minimum atomic E-state index is -0.871. The molecule has 2 rings (SSSR count). The van der Waals surface area contributed by atoms with Crippen LogP contribution >= 0.6 is 0 Å². The average molecular weight is 259 g/mol. The molecule has 3 heteroatoms. The van der Waals surface area contributed by atoms with Crippen molar-refractivity contribution in [3.05, 3.63) is 34.5 Å². The second-order valence-corrected chi connectivity index (χ2v) is 5.77. The molecule has 0 atom stereocenters. The van der Waals surface area contributed by atoms with Gasteiger partial charge in [-0.2, -0.15) is 0 Å². The molecule has 0 fully saturated rings. The first-order valence-corrected chi connectivity index (χ1v) is 6.72. The van der Waals surface area contributed by atoms with Crippen molar-refractivity contribution in [2.24, 2.45) is 0 Å². The van der Waals surface area contributed by atoms with Gasteiger partial charge in [0.15, 0.2) is 0 Å². The molecule has 19 heavy (non-hydrogen) atoms. The van der Waals surface area contributed by atoms with E-state index in [0.717, 1.165) is 22.2 Å². The number of carboxylic acid groups (broad SMARTS) is 1. The number of rotatable bonds is 3. The fraction of sp³-hybridized carbons (Fsp3) is 0.438. The van der Waals surface area contributed by atoms with Crippen molar-refractivity contribution in [1.82, 2.24) is 4.98 Å². The molecule has 0 aliphatic rings. The van der Waals surface area contributed by atoms with E-state index in [9.17, 15) is 9.90 Å². The first kappa shape index (κ1) is 13.7. The monoisotopic (exact) mass is 259 g/mol. The lowest BCUT2D eigenvalue weighted by Gasteiger charge is -2.10. The van der Waals surface area contributed by atoms with E-state index in [1.165, 1.54) is 5.56 Å². The van der Waals surface area contributed by atoms with Crippen molar-refractivity contribution in [3.63, 3.8) is 0 Å². The van der Waals surface area contributed by atoms with Crippen LogP contribution in [0.15, 0.2) is 12.1 Å². The Morgan fingerprint density at radius 1 is 1.16 bits per heavy atom. The number of fused-ring (bicyclic) bond motifs is 1. The van der Waals surface area contributed by atoms with Gasteiger partial charge in [0.05, 0.1) is 11.1 Å². The molecule has 2 aromatic rings. The van der Waals surface area contributed by atoms with Crippen molar-refractivity contribution >= 4 is 16.9 Å². The number of H-pyrrole nitrogens is 1. The number of aromatic nitrogens is 1. The summed E-state index contributed by atoms with van der Waals surface area (Å²) >= 11 is 0. The Bertz CT molecular complexity index is 636. The van der Waals surface area contributed by atoms with E-state index in [0.29, 0.717) is 17.4 Å². The van der Waals surface area contributed by atoms with Crippen LogP contribution in [0.2, 0.25) is 0 Å². The van der Waals surface area contributed by atoms with Gasteiger partial charge in [-0.3, -0.25) is 0 Å². The summed E-state index contributed by atoms with van der Waals surface area (Å²) in [4.78, 5) is 14.7. The van der Waals surface area contributed by atoms with E-state index in [-0.39, 0.29) is 0 Å². The molecule has 0 bridgehead atoms. The fourth-order valence-corrected chi connectivity index (χ4v) is 2.71. The van der Waals surface area contributed by atoms with Crippen LogP contribution in [0.5, 0.6) is 0 Å². The van der Waals surface area contributed by atoms with Gasteiger partial charge in [0.2, 0.25) is 0 Å². The third-order valence-corrected chi connectivity index (χ3v) is 3.64. The summed E-state index contributed by atoms with van der Waals surface area (Å²) in [5, 5.41) is 10.5. The molecule has 0 aliphatic heterocycles. The summed E-state index contributed by atoms with van der Waals surface area (Å²) in [7, 11) is 0. The number of benzene rings is 1. The summed E-state index contributed by atoms with van der Waals surface area (Å²) in [5.74, 6) is -0.181. The maximum Gasteiger partial charge on any atom is 0.337 e. The van der Waals surface area contributed by atoms with Gasteiger partial charge in [0.1, 0.15) is 0 Å². The van der Waals surface area contributed by atoms with Crippen LogP contribution in [0.25, 0.3) is 10.9 Å². The zero-order valence-electron chi connectivity index (χ0n) is 12.2. The first-order chi connectivity index (χ1) is 8.82. The Hall–Kier alpha value is -1.77. The molecule has 0 amide bonds. The molecule has 0 aliphatic carbocycles. The highest BCUT2D eigenvalue weighted by Gasteiger charge is 2.19. The molecule has 1 aromatic carbocycles. The molecule has 2 N–H and O–H groups in total. The fourth-order valence-electron chi connectivity index (χ4n) is 2.71. The molecule has 102 valence electrons. The van der Waals surface area contributed by atoms with Crippen LogP contribution in [0, 0.1) is 6.92 Å². The van der Waals surface area contributed by atoms with Gasteiger partial charge in [0.25, 0.3) is 0 Å². The smallest absolute Gasteiger partial charge is 0.337 e. The molecule has 0 radical (unpaired) electrons. The molecule has 1 heterocycles. The maximum atomic E-state index is 11.5. The normalized spacial score (nSPS) is 11.7. The molecule has 0 spiro atoms. The van der Waals surface area contributed by atoms with Crippen molar-refractivity contribution in [2.75, 3.05) is 0 Å². The largest absolute Gasteiger partial charge is 0.478 e. The van der Waals surface area contributed by atoms with E-state index in [2.05, 4.69) is 38.7 Å². The quantitative estimate of drug-likeness (QED) is 0.857. The number of carboxylic acids is 1. The molecule has 0 saturated heterocycles. The van der Waals surface area contributed by atoms with E-state index >= 15 is 0 Å². The number of carbonyl (C=O) groups is 1. The lowest BCUT2D eigenvalue weighted by Crippen LogP contribution is -2.00. The van der Waals surface area contributed by atoms with E-state index < -0.39 is 5.97 Å². The summed E-state index contributed by atoms with van der Waals surface area (Å²) in [5.41, 5.74) is 4.48. The Morgan fingerprint density at radius 2 is 1.79 bits per heavy atom. The van der Waals surface area contributed by atoms with Crippen LogP contribution in [-0.2, 0) is 0 Å². The molecule has 1 aromatic heterocycles. The van der Waals surface area contributed by atoms with Gasteiger partial charge in [-0.25, -0.2) is 4.79 Å². The molecule has 3 nitrogen and oxygen atoms in total. The SMILES string of the molecule is Cc1[nH]c2c(C(=O)O)cc(C(C)C)cc2c1C(C)C. The number of nitrogens with one attached hydrogen (secondary N) is 1. The van der Waals surface area contributed by atoms with Crippen LogP contribution in [0.1, 0.15) is 66.7 Å². The predicted octanol–water partition coefficient (Wildman–Crippen LogP) is 4.42. The van der Waals surface area contributed by atoms with Crippen molar-refractivity contribution < 1.29 is 9.90 Å². The minimum Gasteiger partial charge on any atom is -0.478 e. The Balaban J connectivity index is 2.87. The highest BCUT2D eigenvalue weighted by Crippen LogP contribution is 2.33. The molecular weight excluding hydrogens is 238 g/mol. The van der Waals surface area contributed by atoms with Gasteiger partial charge in [-0.05, 0) is 42.0 Å². The van der Waals surface area contributed by atoms with E-state index in [1.807, 2.05) is 6.92 Å². The zero-order chi connectivity index (χ0) is 14.3. The second-order valence-electron chi connectivity index (χ2n) is 5.77. The summed E-state index contributed by atoms with van der Waals surface area (Å²) in [6, 6.07) is 3.92. The highest BCUT2D eigenvalue weighted by atomic mass is 16.4. The van der Waals surface area contributed by atoms with Gasteiger partial charge in [0, 0.05) is 11.1 Å². The Kier molecular flexibility index (Phi) is 3.40. The molecular formula is C16H21NO2. The van der Waals surface area contributed by atoms with Crippen LogP contribution in [0.3, 0.4) is 0 Å². The third-order valence-electron chi connectivity index (χ3n) is 3.64.